The predicted octanol–water partition coefficient (Wildman–Crippen LogP) is 4.73. The Hall–Kier alpha value is -2.01. The minimum atomic E-state index is -4.56. The van der Waals surface area contributed by atoms with Crippen LogP contribution in [0.5, 0.6) is 5.75 Å². The van der Waals surface area contributed by atoms with Gasteiger partial charge < -0.3 is 5.11 Å². The molecule has 0 saturated heterocycles. The molecule has 2 aromatic rings. The molecule has 0 unspecified atom stereocenters. The number of hydrogen-bond donors (Lipinski definition) is 1. The van der Waals surface area contributed by atoms with Crippen LogP contribution in [0.25, 0.3) is 0 Å². The van der Waals surface area contributed by atoms with E-state index in [1.807, 2.05) is 0 Å². The van der Waals surface area contributed by atoms with E-state index in [0.29, 0.717) is 11.1 Å². The smallest absolute Gasteiger partial charge is 0.417 e. The number of carbonyl (C=O) groups is 1. The Morgan fingerprint density at radius 2 is 1.65 bits per heavy atom. The maximum Gasteiger partial charge on any atom is 0.417 e. The van der Waals surface area contributed by atoms with E-state index < -0.39 is 16.8 Å². The molecule has 122 valence electrons. The van der Waals surface area contributed by atoms with E-state index in [1.54, 1.807) is 19.1 Å². The van der Waals surface area contributed by atoms with Crippen LogP contribution in [0, 0.1) is 6.92 Å². The summed E-state index contributed by atoms with van der Waals surface area (Å²) in [6, 6.07) is 8.31. The Morgan fingerprint density at radius 3 is 2.22 bits per heavy atom. The van der Waals surface area contributed by atoms with Gasteiger partial charge in [0.05, 0.1) is 10.6 Å². The number of carbonyl (C=O) groups excluding carboxylic acids is 1. The van der Waals surface area contributed by atoms with E-state index in [2.05, 4.69) is 0 Å². The highest BCUT2D eigenvalue weighted by Crippen LogP contribution is 2.35. The van der Waals surface area contributed by atoms with Crippen molar-refractivity contribution in [2.75, 3.05) is 0 Å². The first-order chi connectivity index (χ1) is 10.7. The van der Waals surface area contributed by atoms with Crippen molar-refractivity contribution in [1.29, 1.82) is 0 Å². The number of alkyl halides is 3. The maximum atomic E-state index is 12.8. The minimum absolute atomic E-state index is 0.0395. The third-order valence-electron chi connectivity index (χ3n) is 3.41. The van der Waals surface area contributed by atoms with Gasteiger partial charge in [-0.15, -0.1) is 0 Å². The molecule has 0 spiro atoms. The van der Waals surface area contributed by atoms with Gasteiger partial charge in [-0.3, -0.25) is 4.79 Å². The number of phenols is 1. The van der Waals surface area contributed by atoms with Crippen molar-refractivity contribution in [1.82, 2.24) is 0 Å². The van der Waals surface area contributed by atoms with E-state index in [9.17, 15) is 23.1 Å². The van der Waals surface area contributed by atoms with Crippen LogP contribution in [0.2, 0.25) is 5.02 Å². The van der Waals surface area contributed by atoms with Gasteiger partial charge in [0.2, 0.25) is 0 Å². The van der Waals surface area contributed by atoms with E-state index in [0.717, 1.165) is 12.1 Å². The highest BCUT2D eigenvalue weighted by molar-refractivity contribution is 6.31. The van der Waals surface area contributed by atoms with Crippen molar-refractivity contribution < 1.29 is 23.1 Å². The summed E-state index contributed by atoms with van der Waals surface area (Å²) in [5.41, 5.74) is 0.609. The number of aryl methyl sites for hydroxylation is 1. The molecule has 0 fully saturated rings. The van der Waals surface area contributed by atoms with Gasteiger partial charge in [0.15, 0.2) is 0 Å². The van der Waals surface area contributed by atoms with Gasteiger partial charge in [-0.1, -0.05) is 29.8 Å². The molecule has 0 aliphatic rings. The molecule has 0 aliphatic carbocycles. The van der Waals surface area contributed by atoms with Crippen molar-refractivity contribution in [3.05, 3.63) is 63.7 Å². The second-order valence-electron chi connectivity index (χ2n) is 5.33. The Balaban J connectivity index is 2.12. The number of ketones is 1. The molecule has 2 rings (SSSR count). The number of aromatic hydroxyl groups is 1. The van der Waals surface area contributed by atoms with Crippen LogP contribution in [0.3, 0.4) is 0 Å². The van der Waals surface area contributed by atoms with Crippen LogP contribution in [0.4, 0.5) is 13.2 Å². The van der Waals surface area contributed by atoms with Crippen LogP contribution in [0.1, 0.15) is 22.3 Å². The zero-order valence-corrected chi connectivity index (χ0v) is 13.0. The molecule has 23 heavy (non-hydrogen) atoms. The van der Waals surface area contributed by atoms with E-state index in [-0.39, 0.29) is 29.9 Å². The summed E-state index contributed by atoms with van der Waals surface area (Å²) in [4.78, 5) is 12.0. The normalized spacial score (nSPS) is 11.5. The third-order valence-corrected chi connectivity index (χ3v) is 3.74. The summed E-state index contributed by atoms with van der Waals surface area (Å²) in [6.45, 7) is 1.73. The average molecular weight is 343 g/mol. The van der Waals surface area contributed by atoms with E-state index in [4.69, 9.17) is 11.6 Å². The van der Waals surface area contributed by atoms with Crippen molar-refractivity contribution >= 4 is 17.4 Å². The molecule has 2 nitrogen and oxygen atoms in total. The lowest BCUT2D eigenvalue weighted by molar-refractivity contribution is -0.137. The standard InChI is InChI=1S/C17H14ClF3O2/c1-10-2-3-12(9-16(10)23)7-13(22)6-11-4-5-15(18)14(8-11)17(19,20)21/h2-5,8-9,23H,6-7H2,1H3. The molecule has 0 heterocycles. The summed E-state index contributed by atoms with van der Waals surface area (Å²) in [7, 11) is 0. The molecule has 6 heteroatoms. The summed E-state index contributed by atoms with van der Waals surface area (Å²) < 4.78 is 38.4. The summed E-state index contributed by atoms with van der Waals surface area (Å²) >= 11 is 5.55. The first kappa shape index (κ1) is 17.3. The van der Waals surface area contributed by atoms with Crippen LogP contribution in [0.15, 0.2) is 36.4 Å². The van der Waals surface area contributed by atoms with Crippen molar-refractivity contribution in [2.24, 2.45) is 0 Å². The SMILES string of the molecule is Cc1ccc(CC(=O)Cc2ccc(Cl)c(C(F)(F)F)c2)cc1O. The lowest BCUT2D eigenvalue weighted by Crippen LogP contribution is -2.10. The molecular formula is C17H14ClF3O2. The fourth-order valence-electron chi connectivity index (χ4n) is 2.18. The Morgan fingerprint density at radius 1 is 1.09 bits per heavy atom. The molecule has 2 aromatic carbocycles. The van der Waals surface area contributed by atoms with Crippen molar-refractivity contribution in [2.45, 2.75) is 25.9 Å². The summed E-state index contributed by atoms with van der Waals surface area (Å²) in [6.07, 6.45) is -4.65. The summed E-state index contributed by atoms with van der Waals surface area (Å²) in [5, 5.41) is 9.22. The van der Waals surface area contributed by atoms with Gasteiger partial charge >= 0.3 is 6.18 Å². The second kappa shape index (κ2) is 6.62. The highest BCUT2D eigenvalue weighted by atomic mass is 35.5. The second-order valence-corrected chi connectivity index (χ2v) is 5.73. The zero-order chi connectivity index (χ0) is 17.2. The minimum Gasteiger partial charge on any atom is -0.508 e. The van der Waals surface area contributed by atoms with Crippen LogP contribution < -0.4 is 0 Å². The predicted molar refractivity (Wildman–Crippen MR) is 81.7 cm³/mol. The molecule has 0 atom stereocenters. The zero-order valence-electron chi connectivity index (χ0n) is 12.2. The number of halogens is 4. The fourth-order valence-corrected chi connectivity index (χ4v) is 2.41. The van der Waals surface area contributed by atoms with Gasteiger partial charge in [0.1, 0.15) is 11.5 Å². The fraction of sp³-hybridized carbons (Fsp3) is 0.235. The first-order valence-corrected chi connectivity index (χ1v) is 7.20. The van der Waals surface area contributed by atoms with Gasteiger partial charge in [-0.25, -0.2) is 0 Å². The van der Waals surface area contributed by atoms with Gasteiger partial charge in [0.25, 0.3) is 0 Å². The van der Waals surface area contributed by atoms with Crippen LogP contribution in [-0.2, 0) is 23.8 Å². The van der Waals surface area contributed by atoms with Gasteiger partial charge in [0, 0.05) is 12.8 Å². The number of rotatable bonds is 4. The number of Topliss-reactive ketones (excluding diaryl/α,β-unsaturated/α-hetero) is 1. The van der Waals surface area contributed by atoms with E-state index >= 15 is 0 Å². The molecule has 0 bridgehead atoms. The monoisotopic (exact) mass is 342 g/mol. The van der Waals surface area contributed by atoms with Crippen LogP contribution in [-0.4, -0.2) is 10.9 Å². The Kier molecular flexibility index (Phi) is 5.00. The molecular weight excluding hydrogens is 329 g/mol. The van der Waals surface area contributed by atoms with Gasteiger partial charge in [-0.2, -0.15) is 13.2 Å². The molecule has 0 saturated carbocycles. The number of phenolic OH excluding ortho intramolecular Hbond substituents is 1. The van der Waals surface area contributed by atoms with Crippen molar-refractivity contribution in [3.8, 4) is 5.75 Å². The average Bonchev–Trinajstić information content (AvgIpc) is 2.44. The van der Waals surface area contributed by atoms with Crippen LogP contribution >= 0.6 is 11.6 Å². The number of hydrogen-bond acceptors (Lipinski definition) is 2. The molecule has 0 amide bonds. The Labute approximate surface area is 136 Å². The third kappa shape index (κ3) is 4.48. The topological polar surface area (TPSA) is 37.3 Å². The van der Waals surface area contributed by atoms with Gasteiger partial charge in [-0.05, 0) is 41.8 Å². The molecule has 0 aliphatic heterocycles. The largest absolute Gasteiger partial charge is 0.508 e. The quantitative estimate of drug-likeness (QED) is 0.872. The molecule has 1 N–H and O–H groups in total. The van der Waals surface area contributed by atoms with Crippen molar-refractivity contribution in [3.63, 3.8) is 0 Å². The first-order valence-electron chi connectivity index (χ1n) is 6.82. The molecule has 0 aromatic heterocycles. The highest BCUT2D eigenvalue weighted by Gasteiger charge is 2.33. The lowest BCUT2D eigenvalue weighted by Gasteiger charge is -2.11. The summed E-state index contributed by atoms with van der Waals surface area (Å²) in [5.74, 6) is -0.162. The number of benzene rings is 2. The Bertz CT molecular complexity index is 739. The lowest BCUT2D eigenvalue weighted by atomic mass is 10.00. The van der Waals surface area contributed by atoms with E-state index in [1.165, 1.54) is 12.1 Å². The maximum absolute atomic E-state index is 12.8. The molecule has 0 radical (unpaired) electrons.